The second-order valence-electron chi connectivity index (χ2n) is 14.7. The fourth-order valence-corrected chi connectivity index (χ4v) is 8.80. The number of ether oxygens (including phenoxy) is 2. The Morgan fingerprint density at radius 3 is 2.28 bits per heavy atom. The third-order valence-electron chi connectivity index (χ3n) is 11.7. The van der Waals surface area contributed by atoms with Gasteiger partial charge >= 0.3 is 19.3 Å². The van der Waals surface area contributed by atoms with Gasteiger partial charge in [0, 0.05) is 19.6 Å². The van der Waals surface area contributed by atoms with Gasteiger partial charge in [0.05, 0.1) is 23.7 Å². The number of rotatable bonds is 8. The van der Waals surface area contributed by atoms with Crippen LogP contribution in [0.5, 0.6) is 0 Å². The van der Waals surface area contributed by atoms with Crippen molar-refractivity contribution in [2.45, 2.75) is 89.8 Å². The van der Waals surface area contributed by atoms with E-state index in [0.717, 1.165) is 30.4 Å². The summed E-state index contributed by atoms with van der Waals surface area (Å²) in [6, 6.07) is 18.6. The van der Waals surface area contributed by atoms with Crippen molar-refractivity contribution in [1.82, 2.24) is 14.7 Å². The smallest absolute Gasteiger partial charge is 0.445 e. The fourth-order valence-electron chi connectivity index (χ4n) is 8.80. The first-order valence-corrected chi connectivity index (χ1v) is 17.2. The number of nitrogens with zero attached hydrogens (tertiary/aromatic N) is 3. The maximum Gasteiger partial charge on any atom is 0.481 e. The Hall–Kier alpha value is -3.57. The summed E-state index contributed by atoms with van der Waals surface area (Å²) >= 11 is 0. The zero-order valence-corrected chi connectivity index (χ0v) is 27.7. The molecule has 8 rings (SSSR count). The van der Waals surface area contributed by atoms with Gasteiger partial charge in [0.2, 0.25) is 5.91 Å². The fraction of sp³-hybridized carbons (Fsp3) is 0.583. The van der Waals surface area contributed by atoms with E-state index in [0.29, 0.717) is 31.3 Å². The summed E-state index contributed by atoms with van der Waals surface area (Å²) in [5.74, 6) is 0.715. The van der Waals surface area contributed by atoms with Crippen molar-refractivity contribution >= 4 is 25.2 Å². The van der Waals surface area contributed by atoms with Crippen LogP contribution in [0, 0.1) is 17.3 Å². The van der Waals surface area contributed by atoms with Gasteiger partial charge in [-0.25, -0.2) is 9.59 Å². The Balaban J connectivity index is 1.02. The highest BCUT2D eigenvalue weighted by molar-refractivity contribution is 6.48. The summed E-state index contributed by atoms with van der Waals surface area (Å²) in [7, 11) is -0.480. The van der Waals surface area contributed by atoms with Gasteiger partial charge in [0.15, 0.2) is 0 Å². The van der Waals surface area contributed by atoms with Crippen LogP contribution in [0.4, 0.5) is 9.59 Å². The molecule has 10 nitrogen and oxygen atoms in total. The average Bonchev–Trinajstić information content (AvgIpc) is 3.84. The molecule has 2 bridgehead atoms. The molecule has 3 saturated heterocycles. The SMILES string of the molecule is CC1(C)C2CC3OB(C4CCCN4C(=O)CN(C(=O)OCc4ccccc4)C4CCN(C(=O)OCc5ccccc5)C4)OC3(C)C1C2. The second-order valence-corrected chi connectivity index (χ2v) is 14.7. The summed E-state index contributed by atoms with van der Waals surface area (Å²) in [4.78, 5) is 45.6. The van der Waals surface area contributed by atoms with E-state index >= 15 is 0 Å². The maximum absolute atomic E-state index is 14.1. The van der Waals surface area contributed by atoms with Crippen molar-refractivity contribution in [1.29, 1.82) is 0 Å². The minimum atomic E-state index is -0.573. The highest BCUT2D eigenvalue weighted by Gasteiger charge is 2.69. The summed E-state index contributed by atoms with van der Waals surface area (Å²) in [5.41, 5.74) is 1.64. The van der Waals surface area contributed by atoms with Gasteiger partial charge in [-0.3, -0.25) is 9.69 Å². The monoisotopic (exact) mass is 643 g/mol. The highest BCUT2D eigenvalue weighted by atomic mass is 16.7. The highest BCUT2D eigenvalue weighted by Crippen LogP contribution is 2.66. The first kappa shape index (κ1) is 32.0. The molecule has 3 saturated carbocycles. The predicted octanol–water partition coefficient (Wildman–Crippen LogP) is 5.29. The largest absolute Gasteiger partial charge is 0.481 e. The van der Waals surface area contributed by atoms with Gasteiger partial charge in [-0.05, 0) is 67.4 Å². The number of hydrogen-bond donors (Lipinski definition) is 0. The van der Waals surface area contributed by atoms with E-state index in [2.05, 4.69) is 20.8 Å². The molecule has 0 radical (unpaired) electrons. The molecular weight excluding hydrogens is 597 g/mol. The van der Waals surface area contributed by atoms with Gasteiger partial charge in [-0.2, -0.15) is 0 Å². The normalized spacial score (nSPS) is 30.4. The Labute approximate surface area is 277 Å². The van der Waals surface area contributed by atoms with Crippen LogP contribution < -0.4 is 0 Å². The Morgan fingerprint density at radius 2 is 1.60 bits per heavy atom. The minimum Gasteiger partial charge on any atom is -0.445 e. The summed E-state index contributed by atoms with van der Waals surface area (Å²) in [6.45, 7) is 8.26. The molecule has 6 unspecified atom stereocenters. The van der Waals surface area contributed by atoms with E-state index in [1.165, 1.54) is 11.3 Å². The van der Waals surface area contributed by atoms with Crippen LogP contribution in [0.25, 0.3) is 0 Å². The third kappa shape index (κ3) is 6.12. The van der Waals surface area contributed by atoms with Crippen molar-refractivity contribution in [3.63, 3.8) is 0 Å². The molecule has 47 heavy (non-hydrogen) atoms. The van der Waals surface area contributed by atoms with Crippen LogP contribution in [0.2, 0.25) is 0 Å². The Morgan fingerprint density at radius 1 is 0.915 bits per heavy atom. The first-order valence-electron chi connectivity index (χ1n) is 17.2. The predicted molar refractivity (Wildman–Crippen MR) is 175 cm³/mol. The Bertz CT molecular complexity index is 1460. The number of likely N-dealkylation sites (tertiary alicyclic amines) is 2. The van der Waals surface area contributed by atoms with Gasteiger partial charge in [-0.1, -0.05) is 74.5 Å². The minimum absolute atomic E-state index is 0.0393. The van der Waals surface area contributed by atoms with Crippen LogP contribution in [0.1, 0.15) is 64.0 Å². The summed E-state index contributed by atoms with van der Waals surface area (Å²) in [5, 5.41) is 0. The number of hydrogen-bond acceptors (Lipinski definition) is 7. The van der Waals surface area contributed by atoms with Crippen molar-refractivity contribution in [2.24, 2.45) is 17.3 Å². The molecule has 2 aromatic carbocycles. The van der Waals surface area contributed by atoms with Crippen LogP contribution >= 0.6 is 0 Å². The van der Waals surface area contributed by atoms with Gasteiger partial charge in [-0.15, -0.1) is 0 Å². The molecule has 3 aliphatic carbocycles. The molecule has 6 fully saturated rings. The van der Waals surface area contributed by atoms with Gasteiger partial charge < -0.3 is 28.6 Å². The van der Waals surface area contributed by atoms with Crippen molar-refractivity contribution in [3.8, 4) is 0 Å². The molecule has 0 N–H and O–H groups in total. The molecule has 0 aromatic heterocycles. The number of benzene rings is 2. The standard InChI is InChI=1S/C36H46BN3O7/c1-35(2)27-19-29(35)36(3)30(20-27)46-37(47-36)31-15-10-17-39(31)32(41)22-40(34(43)45-24-26-13-8-5-9-14-26)28-16-18-38(21-28)33(42)44-23-25-11-6-4-7-12-25/h4-9,11-14,27-31H,10,15-24H2,1-3H3. The zero-order valence-electron chi connectivity index (χ0n) is 27.7. The van der Waals surface area contributed by atoms with Crippen LogP contribution in [-0.4, -0.2) is 89.8 Å². The van der Waals surface area contributed by atoms with Crippen LogP contribution in [0.3, 0.4) is 0 Å². The molecule has 0 spiro atoms. The maximum atomic E-state index is 14.1. The number of amides is 3. The third-order valence-corrected chi connectivity index (χ3v) is 11.7. The molecular formula is C36H46BN3O7. The van der Waals surface area contributed by atoms with Gasteiger partial charge in [0.25, 0.3) is 0 Å². The van der Waals surface area contributed by atoms with Crippen molar-refractivity contribution in [2.75, 3.05) is 26.2 Å². The van der Waals surface area contributed by atoms with E-state index in [-0.39, 0.29) is 61.3 Å². The topological polar surface area (TPSA) is 97.9 Å². The van der Waals surface area contributed by atoms with Crippen molar-refractivity contribution < 1.29 is 33.2 Å². The molecule has 250 valence electrons. The molecule has 3 amide bonds. The van der Waals surface area contributed by atoms with E-state index in [1.54, 1.807) is 4.90 Å². The second kappa shape index (κ2) is 12.8. The van der Waals surface area contributed by atoms with E-state index in [9.17, 15) is 14.4 Å². The van der Waals surface area contributed by atoms with Crippen LogP contribution in [0.15, 0.2) is 60.7 Å². The quantitative estimate of drug-likeness (QED) is 0.361. The van der Waals surface area contributed by atoms with Crippen molar-refractivity contribution in [3.05, 3.63) is 71.8 Å². The zero-order chi connectivity index (χ0) is 32.8. The van der Waals surface area contributed by atoms with Crippen LogP contribution in [-0.2, 0) is 36.8 Å². The summed E-state index contributed by atoms with van der Waals surface area (Å²) < 4.78 is 24.6. The molecule has 2 aromatic rings. The van der Waals surface area contributed by atoms with Gasteiger partial charge in [0.1, 0.15) is 19.8 Å². The molecule has 6 aliphatic rings. The molecule has 11 heteroatoms. The van der Waals surface area contributed by atoms with E-state index in [4.69, 9.17) is 18.8 Å². The molecule has 3 heterocycles. The lowest BCUT2D eigenvalue weighted by atomic mass is 9.43. The summed E-state index contributed by atoms with van der Waals surface area (Å²) in [6.07, 6.45) is 3.35. The molecule has 6 atom stereocenters. The van der Waals surface area contributed by atoms with E-state index in [1.807, 2.05) is 65.6 Å². The Kier molecular flexibility index (Phi) is 8.72. The lowest BCUT2D eigenvalue weighted by Gasteiger charge is -2.64. The number of carbonyl (C=O) groups excluding carboxylic acids is 3. The lowest BCUT2D eigenvalue weighted by Crippen LogP contribution is -2.65. The first-order chi connectivity index (χ1) is 22.6. The van der Waals surface area contributed by atoms with E-state index < -0.39 is 19.3 Å². The average molecular weight is 644 g/mol. The molecule has 3 aliphatic heterocycles. The number of carbonyl (C=O) groups is 3. The lowest BCUT2D eigenvalue weighted by molar-refractivity contribution is -0.199.